The maximum Gasteiger partial charge on any atom is 0.231 e. The average Bonchev–Trinajstić information content (AvgIpc) is 2.96. The predicted molar refractivity (Wildman–Crippen MR) is 88.0 cm³/mol. The van der Waals surface area contributed by atoms with Crippen molar-refractivity contribution in [2.75, 3.05) is 18.7 Å². The first-order valence-electron chi connectivity index (χ1n) is 7.44. The lowest BCUT2D eigenvalue weighted by atomic mass is 9.97. The number of benzene rings is 1. The second-order valence-corrected chi connectivity index (χ2v) is 5.72. The van der Waals surface area contributed by atoms with Crippen LogP contribution in [0.25, 0.3) is 0 Å². The molecule has 0 atom stereocenters. The Kier molecular flexibility index (Phi) is 4.60. The highest BCUT2D eigenvalue weighted by Gasteiger charge is 2.13. The first-order valence-corrected chi connectivity index (χ1v) is 7.84. The van der Waals surface area contributed by atoms with Crippen molar-refractivity contribution in [3.8, 4) is 11.5 Å². The van der Waals surface area contributed by atoms with Gasteiger partial charge in [0.25, 0.3) is 0 Å². The number of nitrogens with one attached hydrogen (secondary N) is 2. The Morgan fingerprint density at radius 2 is 2.10 bits per heavy atom. The maximum absolute atomic E-state index is 5.35. The number of hydrogen-bond donors (Lipinski definition) is 2. The molecule has 1 aromatic carbocycles. The van der Waals surface area contributed by atoms with Crippen molar-refractivity contribution < 1.29 is 9.47 Å². The summed E-state index contributed by atoms with van der Waals surface area (Å²) in [5.41, 5.74) is 2.47. The third-order valence-electron chi connectivity index (χ3n) is 3.75. The Labute approximate surface area is 130 Å². The van der Waals surface area contributed by atoms with Gasteiger partial charge in [0.15, 0.2) is 16.6 Å². The molecule has 5 heteroatoms. The molecule has 1 aromatic rings. The molecule has 0 radical (unpaired) electrons. The van der Waals surface area contributed by atoms with E-state index in [9.17, 15) is 0 Å². The second-order valence-electron chi connectivity index (χ2n) is 5.31. The van der Waals surface area contributed by atoms with Crippen molar-refractivity contribution in [3.63, 3.8) is 0 Å². The van der Waals surface area contributed by atoms with Crippen molar-refractivity contribution in [2.24, 2.45) is 0 Å². The minimum Gasteiger partial charge on any atom is -0.454 e. The van der Waals surface area contributed by atoms with E-state index in [4.69, 9.17) is 21.7 Å². The van der Waals surface area contributed by atoms with Crippen LogP contribution < -0.4 is 20.1 Å². The summed E-state index contributed by atoms with van der Waals surface area (Å²) in [4.78, 5) is 0. The number of hydrogen-bond acceptors (Lipinski definition) is 3. The third-order valence-corrected chi connectivity index (χ3v) is 3.99. The SMILES string of the molecule is S=C(NCCC1=CCCCC1)Nc1ccc2c(c1)OCO2. The van der Waals surface area contributed by atoms with E-state index in [1.165, 1.54) is 25.7 Å². The fourth-order valence-electron chi connectivity index (χ4n) is 2.62. The molecule has 1 aliphatic heterocycles. The van der Waals surface area contributed by atoms with Crippen LogP contribution in [0.15, 0.2) is 29.8 Å². The Morgan fingerprint density at radius 1 is 1.19 bits per heavy atom. The van der Waals surface area contributed by atoms with Crippen LogP contribution in [0.3, 0.4) is 0 Å². The van der Waals surface area contributed by atoms with Crippen LogP contribution in [-0.4, -0.2) is 18.5 Å². The Morgan fingerprint density at radius 3 is 2.95 bits per heavy atom. The van der Waals surface area contributed by atoms with E-state index < -0.39 is 0 Å². The maximum atomic E-state index is 5.35. The molecule has 21 heavy (non-hydrogen) atoms. The normalized spacial score (nSPS) is 16.3. The van der Waals surface area contributed by atoms with Gasteiger partial charge in [0, 0.05) is 18.3 Å². The van der Waals surface area contributed by atoms with Gasteiger partial charge in [0.1, 0.15) is 0 Å². The van der Waals surface area contributed by atoms with Crippen molar-refractivity contribution in [1.82, 2.24) is 5.32 Å². The van der Waals surface area contributed by atoms with Gasteiger partial charge in [-0.15, -0.1) is 0 Å². The minimum absolute atomic E-state index is 0.288. The van der Waals surface area contributed by atoms with Crippen molar-refractivity contribution >= 4 is 23.0 Å². The van der Waals surface area contributed by atoms with Gasteiger partial charge in [-0.2, -0.15) is 0 Å². The van der Waals surface area contributed by atoms with Crippen LogP contribution in [0.2, 0.25) is 0 Å². The lowest BCUT2D eigenvalue weighted by Gasteiger charge is -2.14. The highest BCUT2D eigenvalue weighted by molar-refractivity contribution is 7.80. The Balaban J connectivity index is 1.44. The summed E-state index contributed by atoms with van der Waals surface area (Å²) in [5, 5.41) is 7.07. The van der Waals surface area contributed by atoms with Crippen LogP contribution in [0.4, 0.5) is 5.69 Å². The van der Waals surface area contributed by atoms with Gasteiger partial charge in [-0.3, -0.25) is 0 Å². The zero-order valence-corrected chi connectivity index (χ0v) is 12.8. The number of rotatable bonds is 4. The van der Waals surface area contributed by atoms with Crippen molar-refractivity contribution in [3.05, 3.63) is 29.8 Å². The smallest absolute Gasteiger partial charge is 0.231 e. The summed E-state index contributed by atoms with van der Waals surface area (Å²) in [7, 11) is 0. The van der Waals surface area contributed by atoms with E-state index in [1.54, 1.807) is 5.57 Å². The fraction of sp³-hybridized carbons (Fsp3) is 0.438. The van der Waals surface area contributed by atoms with E-state index in [2.05, 4.69) is 16.7 Å². The topological polar surface area (TPSA) is 42.5 Å². The highest BCUT2D eigenvalue weighted by atomic mass is 32.1. The zero-order valence-electron chi connectivity index (χ0n) is 12.0. The van der Waals surface area contributed by atoms with E-state index in [1.807, 2.05) is 18.2 Å². The van der Waals surface area contributed by atoms with Gasteiger partial charge in [-0.1, -0.05) is 11.6 Å². The molecule has 4 nitrogen and oxygen atoms in total. The third kappa shape index (κ3) is 3.88. The molecule has 112 valence electrons. The first-order chi connectivity index (χ1) is 10.3. The highest BCUT2D eigenvalue weighted by Crippen LogP contribution is 2.34. The molecule has 0 saturated carbocycles. The number of anilines is 1. The number of thiocarbonyl (C=S) groups is 1. The van der Waals surface area contributed by atoms with Gasteiger partial charge >= 0.3 is 0 Å². The van der Waals surface area contributed by atoms with Crippen LogP contribution in [0.5, 0.6) is 11.5 Å². The van der Waals surface area contributed by atoms with E-state index >= 15 is 0 Å². The molecule has 0 amide bonds. The summed E-state index contributed by atoms with van der Waals surface area (Å²) in [5.74, 6) is 1.54. The molecular formula is C16H20N2O2S. The van der Waals surface area contributed by atoms with Gasteiger partial charge in [-0.05, 0) is 56.5 Å². The monoisotopic (exact) mass is 304 g/mol. The van der Waals surface area contributed by atoms with Gasteiger partial charge in [-0.25, -0.2) is 0 Å². The quantitative estimate of drug-likeness (QED) is 0.657. The second kappa shape index (κ2) is 6.80. The van der Waals surface area contributed by atoms with Crippen LogP contribution in [0, 0.1) is 0 Å². The van der Waals surface area contributed by atoms with Crippen LogP contribution in [-0.2, 0) is 0 Å². The summed E-state index contributed by atoms with van der Waals surface area (Å²) in [6.07, 6.45) is 8.58. The molecule has 2 aliphatic rings. The lowest BCUT2D eigenvalue weighted by Crippen LogP contribution is -2.29. The molecule has 1 heterocycles. The molecule has 0 spiro atoms. The van der Waals surface area contributed by atoms with E-state index in [-0.39, 0.29) is 6.79 Å². The molecule has 3 rings (SSSR count). The summed E-state index contributed by atoms with van der Waals surface area (Å²) < 4.78 is 10.6. The van der Waals surface area contributed by atoms with Gasteiger partial charge in [0.05, 0.1) is 0 Å². The summed E-state index contributed by atoms with van der Waals surface area (Å²) in [6.45, 7) is 1.17. The zero-order chi connectivity index (χ0) is 14.5. The molecule has 0 saturated heterocycles. The minimum atomic E-state index is 0.288. The first kappa shape index (κ1) is 14.2. The molecule has 2 N–H and O–H groups in total. The molecular weight excluding hydrogens is 284 g/mol. The van der Waals surface area contributed by atoms with Crippen molar-refractivity contribution in [2.45, 2.75) is 32.1 Å². The van der Waals surface area contributed by atoms with Crippen molar-refractivity contribution in [1.29, 1.82) is 0 Å². The molecule has 0 fully saturated rings. The summed E-state index contributed by atoms with van der Waals surface area (Å²) in [6, 6.07) is 5.73. The fourth-order valence-corrected chi connectivity index (χ4v) is 2.84. The van der Waals surface area contributed by atoms with E-state index in [0.29, 0.717) is 5.11 Å². The number of ether oxygens (including phenoxy) is 2. The average molecular weight is 304 g/mol. The number of allylic oxidation sites excluding steroid dienone is 1. The molecule has 0 unspecified atom stereocenters. The Bertz CT molecular complexity index is 557. The molecule has 0 bridgehead atoms. The summed E-state index contributed by atoms with van der Waals surface area (Å²) >= 11 is 5.32. The largest absolute Gasteiger partial charge is 0.454 e. The van der Waals surface area contributed by atoms with E-state index in [0.717, 1.165) is 30.2 Å². The number of fused-ring (bicyclic) bond motifs is 1. The Hall–Kier alpha value is -1.75. The van der Waals surface area contributed by atoms with Gasteiger partial charge in [0.2, 0.25) is 6.79 Å². The lowest BCUT2D eigenvalue weighted by molar-refractivity contribution is 0.174. The standard InChI is InChI=1S/C16H20N2O2S/c21-16(17-9-8-12-4-2-1-3-5-12)18-13-6-7-14-15(10-13)20-11-19-14/h4,6-7,10H,1-3,5,8-9,11H2,(H2,17,18,21). The predicted octanol–water partition coefficient (Wildman–Crippen LogP) is 3.59. The molecule has 1 aliphatic carbocycles. The van der Waals surface area contributed by atoms with Crippen LogP contribution >= 0.6 is 12.2 Å². The molecule has 0 aromatic heterocycles. The van der Waals surface area contributed by atoms with Crippen LogP contribution in [0.1, 0.15) is 32.1 Å². The van der Waals surface area contributed by atoms with Gasteiger partial charge < -0.3 is 20.1 Å².